The Morgan fingerprint density at radius 1 is 1.33 bits per heavy atom. The van der Waals surface area contributed by atoms with Crippen molar-refractivity contribution >= 4 is 9.84 Å². The topological polar surface area (TPSA) is 37.4 Å². The molecular weight excluding hydrogens is 174 g/mol. The number of hydrogen-bond acceptors (Lipinski definition) is 3. The van der Waals surface area contributed by atoms with E-state index in [9.17, 15) is 8.42 Å². The Morgan fingerprint density at radius 2 is 2.08 bits per heavy atom. The van der Waals surface area contributed by atoms with Gasteiger partial charge in [0.25, 0.3) is 0 Å². The molecule has 0 N–H and O–H groups in total. The fraction of sp³-hybridized carbons (Fsp3) is 0.750. The fourth-order valence-electron chi connectivity index (χ4n) is 1.28. The molecule has 0 aromatic rings. The maximum atomic E-state index is 11.1. The smallest absolute Gasteiger partial charge is 0.151 e. The first-order chi connectivity index (χ1) is 5.64. The average Bonchev–Trinajstić information content (AvgIpc) is 2.14. The zero-order valence-corrected chi connectivity index (χ0v) is 7.81. The Labute approximate surface area is 73.7 Å². The van der Waals surface area contributed by atoms with Crippen molar-refractivity contribution in [3.8, 4) is 12.3 Å². The summed E-state index contributed by atoms with van der Waals surface area (Å²) in [5.41, 5.74) is 0. The molecule has 0 amide bonds. The van der Waals surface area contributed by atoms with Crippen molar-refractivity contribution in [1.82, 2.24) is 4.90 Å². The Hall–Kier alpha value is -0.530. The van der Waals surface area contributed by atoms with Gasteiger partial charge < -0.3 is 0 Å². The van der Waals surface area contributed by atoms with E-state index in [0.717, 1.165) is 6.54 Å². The quantitative estimate of drug-likeness (QED) is 0.531. The highest BCUT2D eigenvalue weighted by atomic mass is 32.2. The Morgan fingerprint density at radius 3 is 2.75 bits per heavy atom. The van der Waals surface area contributed by atoms with Gasteiger partial charge >= 0.3 is 0 Å². The van der Waals surface area contributed by atoms with E-state index in [-0.39, 0.29) is 5.75 Å². The van der Waals surface area contributed by atoms with Crippen LogP contribution in [-0.2, 0) is 9.84 Å². The van der Waals surface area contributed by atoms with Crippen molar-refractivity contribution in [3.05, 3.63) is 0 Å². The van der Waals surface area contributed by atoms with Crippen LogP contribution in [0.1, 0.15) is 6.42 Å². The molecular formula is C8H13NO2S. The standard InChI is InChI=1S/C8H13NO2S/c1-2-4-9-5-3-7-12(10,11)8-6-9/h1H,3-8H2. The minimum Gasteiger partial charge on any atom is -0.291 e. The van der Waals surface area contributed by atoms with E-state index >= 15 is 0 Å². The summed E-state index contributed by atoms with van der Waals surface area (Å²) < 4.78 is 22.3. The third kappa shape index (κ3) is 2.84. The molecule has 0 radical (unpaired) electrons. The summed E-state index contributed by atoms with van der Waals surface area (Å²) in [5, 5.41) is 0. The Bertz CT molecular complexity index is 276. The van der Waals surface area contributed by atoms with Crippen LogP contribution in [0.25, 0.3) is 0 Å². The van der Waals surface area contributed by atoms with Gasteiger partial charge in [0.05, 0.1) is 18.1 Å². The molecule has 68 valence electrons. The Kier molecular flexibility index (Phi) is 3.12. The molecule has 0 bridgehead atoms. The fourth-order valence-corrected chi connectivity index (χ4v) is 2.59. The molecule has 1 rings (SSSR count). The maximum Gasteiger partial charge on any atom is 0.151 e. The van der Waals surface area contributed by atoms with Gasteiger partial charge in [0, 0.05) is 13.1 Å². The van der Waals surface area contributed by atoms with Gasteiger partial charge in [-0.15, -0.1) is 6.42 Å². The molecule has 3 nitrogen and oxygen atoms in total. The first-order valence-electron chi connectivity index (χ1n) is 4.00. The second-order valence-electron chi connectivity index (χ2n) is 2.99. The van der Waals surface area contributed by atoms with E-state index in [1.165, 1.54) is 0 Å². The summed E-state index contributed by atoms with van der Waals surface area (Å²) in [5.74, 6) is 3.10. The highest BCUT2D eigenvalue weighted by Gasteiger charge is 2.17. The van der Waals surface area contributed by atoms with Crippen LogP contribution >= 0.6 is 0 Å². The molecule has 0 aromatic carbocycles. The lowest BCUT2D eigenvalue weighted by molar-refractivity contribution is 0.332. The van der Waals surface area contributed by atoms with E-state index in [1.54, 1.807) is 0 Å². The van der Waals surface area contributed by atoms with Crippen LogP contribution in [0.15, 0.2) is 0 Å². The summed E-state index contributed by atoms with van der Waals surface area (Å²) in [6, 6.07) is 0. The number of nitrogens with zero attached hydrogens (tertiary/aromatic N) is 1. The van der Waals surface area contributed by atoms with Crippen molar-refractivity contribution in [1.29, 1.82) is 0 Å². The van der Waals surface area contributed by atoms with Crippen molar-refractivity contribution < 1.29 is 8.42 Å². The first kappa shape index (κ1) is 9.56. The molecule has 1 aliphatic heterocycles. The normalized spacial score (nSPS) is 24.2. The molecule has 1 saturated heterocycles. The van der Waals surface area contributed by atoms with Crippen molar-refractivity contribution in [2.24, 2.45) is 0 Å². The first-order valence-corrected chi connectivity index (χ1v) is 5.82. The molecule has 0 aromatic heterocycles. The summed E-state index contributed by atoms with van der Waals surface area (Å²) in [6.45, 7) is 1.96. The van der Waals surface area contributed by atoms with Crippen molar-refractivity contribution in [2.75, 3.05) is 31.1 Å². The van der Waals surface area contributed by atoms with Gasteiger partial charge in [0.2, 0.25) is 0 Å². The van der Waals surface area contributed by atoms with Crippen LogP contribution < -0.4 is 0 Å². The van der Waals surface area contributed by atoms with Crippen LogP contribution in [0, 0.1) is 12.3 Å². The zero-order chi connectivity index (χ0) is 9.03. The maximum absolute atomic E-state index is 11.1. The highest BCUT2D eigenvalue weighted by Crippen LogP contribution is 2.03. The summed E-state index contributed by atoms with van der Waals surface area (Å²) in [4.78, 5) is 2.00. The monoisotopic (exact) mass is 187 g/mol. The minimum atomic E-state index is -2.78. The van der Waals surface area contributed by atoms with Gasteiger partial charge in [-0.05, 0) is 6.42 Å². The molecule has 1 aliphatic rings. The summed E-state index contributed by atoms with van der Waals surface area (Å²) >= 11 is 0. The van der Waals surface area contributed by atoms with E-state index in [1.807, 2.05) is 4.90 Å². The lowest BCUT2D eigenvalue weighted by Crippen LogP contribution is -2.27. The van der Waals surface area contributed by atoms with Gasteiger partial charge in [-0.2, -0.15) is 0 Å². The Balaban J connectivity index is 2.52. The van der Waals surface area contributed by atoms with E-state index in [0.29, 0.717) is 25.3 Å². The lowest BCUT2D eigenvalue weighted by atomic mass is 10.4. The molecule has 0 unspecified atom stereocenters. The largest absolute Gasteiger partial charge is 0.291 e. The predicted molar refractivity (Wildman–Crippen MR) is 48.5 cm³/mol. The second kappa shape index (κ2) is 3.92. The lowest BCUT2D eigenvalue weighted by Gasteiger charge is -2.14. The summed E-state index contributed by atoms with van der Waals surface area (Å²) in [7, 11) is -2.78. The number of sulfone groups is 1. The number of hydrogen-bond donors (Lipinski definition) is 0. The van der Waals surface area contributed by atoms with E-state index in [4.69, 9.17) is 6.42 Å². The van der Waals surface area contributed by atoms with Gasteiger partial charge in [0.15, 0.2) is 9.84 Å². The molecule has 0 atom stereocenters. The number of terminal acetylenes is 1. The molecule has 1 heterocycles. The third-order valence-corrected chi connectivity index (χ3v) is 3.68. The van der Waals surface area contributed by atoms with Crippen molar-refractivity contribution in [3.63, 3.8) is 0 Å². The second-order valence-corrected chi connectivity index (χ2v) is 5.29. The van der Waals surface area contributed by atoms with Gasteiger partial charge in [-0.25, -0.2) is 8.42 Å². The van der Waals surface area contributed by atoms with Crippen LogP contribution in [0.2, 0.25) is 0 Å². The highest BCUT2D eigenvalue weighted by molar-refractivity contribution is 7.91. The van der Waals surface area contributed by atoms with Gasteiger partial charge in [-0.1, -0.05) is 5.92 Å². The summed E-state index contributed by atoms with van der Waals surface area (Å²) in [6.07, 6.45) is 5.85. The SMILES string of the molecule is C#CCN1CCCS(=O)(=O)CC1. The van der Waals surface area contributed by atoms with Crippen LogP contribution in [0.5, 0.6) is 0 Å². The third-order valence-electron chi connectivity index (χ3n) is 1.96. The molecule has 0 saturated carbocycles. The van der Waals surface area contributed by atoms with Crippen LogP contribution in [0.4, 0.5) is 0 Å². The molecule has 12 heavy (non-hydrogen) atoms. The molecule has 0 spiro atoms. The van der Waals surface area contributed by atoms with Gasteiger partial charge in [-0.3, -0.25) is 4.90 Å². The van der Waals surface area contributed by atoms with Gasteiger partial charge in [0.1, 0.15) is 0 Å². The molecule has 0 aliphatic carbocycles. The zero-order valence-electron chi connectivity index (χ0n) is 6.99. The van der Waals surface area contributed by atoms with Crippen LogP contribution in [0.3, 0.4) is 0 Å². The van der Waals surface area contributed by atoms with E-state index < -0.39 is 9.84 Å². The van der Waals surface area contributed by atoms with Crippen molar-refractivity contribution in [2.45, 2.75) is 6.42 Å². The molecule has 4 heteroatoms. The average molecular weight is 187 g/mol. The van der Waals surface area contributed by atoms with E-state index in [2.05, 4.69) is 5.92 Å². The van der Waals surface area contributed by atoms with Crippen LogP contribution in [-0.4, -0.2) is 44.5 Å². The molecule has 1 fully saturated rings. The minimum absolute atomic E-state index is 0.259. The number of rotatable bonds is 1. The predicted octanol–water partition coefficient (Wildman–Crippen LogP) is -0.260.